The minimum Gasteiger partial charge on any atom is -0.370 e. The molecule has 2 aromatic rings. The summed E-state index contributed by atoms with van der Waals surface area (Å²) in [5.74, 6) is 0.440. The molecule has 1 amide bonds. The van der Waals surface area contributed by atoms with Crippen molar-refractivity contribution in [3.05, 3.63) is 54.3 Å². The van der Waals surface area contributed by atoms with Crippen molar-refractivity contribution in [3.8, 4) is 0 Å². The third-order valence-corrected chi connectivity index (χ3v) is 5.05. The van der Waals surface area contributed by atoms with Gasteiger partial charge in [-0.1, -0.05) is 12.1 Å². The molecule has 1 aliphatic rings. The van der Waals surface area contributed by atoms with Gasteiger partial charge in [0, 0.05) is 30.2 Å². The standard InChI is InChI=1S/C19H21FN2OS/c20-15-7-9-16(10-8-15)24-14-11-19(23)21-17-5-1-2-6-18(17)22-12-3-4-13-22/h1-2,5-10H,3-4,11-14H2,(H,21,23). The average Bonchev–Trinajstić information content (AvgIpc) is 3.11. The number of carbonyl (C=O) groups excluding carboxylic acids is 1. The maximum absolute atomic E-state index is 12.9. The van der Waals surface area contributed by atoms with Crippen molar-refractivity contribution < 1.29 is 9.18 Å². The average molecular weight is 344 g/mol. The van der Waals surface area contributed by atoms with Crippen LogP contribution in [0, 0.1) is 5.82 Å². The molecule has 24 heavy (non-hydrogen) atoms. The van der Waals surface area contributed by atoms with Crippen molar-refractivity contribution in [1.82, 2.24) is 0 Å². The highest BCUT2D eigenvalue weighted by molar-refractivity contribution is 7.99. The molecule has 3 nitrogen and oxygen atoms in total. The van der Waals surface area contributed by atoms with Crippen molar-refractivity contribution in [2.45, 2.75) is 24.2 Å². The van der Waals surface area contributed by atoms with Crippen LogP contribution in [0.2, 0.25) is 0 Å². The zero-order valence-corrected chi connectivity index (χ0v) is 14.3. The summed E-state index contributed by atoms with van der Waals surface area (Å²) in [7, 11) is 0. The van der Waals surface area contributed by atoms with Crippen LogP contribution >= 0.6 is 11.8 Å². The Morgan fingerprint density at radius 1 is 1.08 bits per heavy atom. The van der Waals surface area contributed by atoms with E-state index in [0.717, 1.165) is 29.4 Å². The molecular formula is C19H21FN2OS. The van der Waals surface area contributed by atoms with Gasteiger partial charge in [-0.25, -0.2) is 4.39 Å². The van der Waals surface area contributed by atoms with E-state index in [2.05, 4.69) is 16.3 Å². The summed E-state index contributed by atoms with van der Waals surface area (Å²) in [4.78, 5) is 15.5. The highest BCUT2D eigenvalue weighted by atomic mass is 32.2. The minimum absolute atomic E-state index is 0.0104. The lowest BCUT2D eigenvalue weighted by Crippen LogP contribution is -2.21. The minimum atomic E-state index is -0.240. The molecule has 0 saturated carbocycles. The molecule has 5 heteroatoms. The van der Waals surface area contributed by atoms with Crippen LogP contribution in [0.1, 0.15) is 19.3 Å². The van der Waals surface area contributed by atoms with Crippen LogP contribution < -0.4 is 10.2 Å². The Morgan fingerprint density at radius 3 is 2.54 bits per heavy atom. The van der Waals surface area contributed by atoms with Gasteiger partial charge in [-0.15, -0.1) is 11.8 Å². The number of hydrogen-bond donors (Lipinski definition) is 1. The number of anilines is 2. The summed E-state index contributed by atoms with van der Waals surface area (Å²) in [6.45, 7) is 2.10. The first-order valence-electron chi connectivity index (χ1n) is 8.24. The first-order valence-corrected chi connectivity index (χ1v) is 9.23. The van der Waals surface area contributed by atoms with Gasteiger partial charge in [0.25, 0.3) is 0 Å². The van der Waals surface area contributed by atoms with E-state index >= 15 is 0 Å². The normalized spacial score (nSPS) is 14.0. The number of para-hydroxylation sites is 2. The summed E-state index contributed by atoms with van der Waals surface area (Å²) in [6.07, 6.45) is 2.84. The van der Waals surface area contributed by atoms with Crippen LogP contribution in [0.15, 0.2) is 53.4 Å². The van der Waals surface area contributed by atoms with Gasteiger partial charge < -0.3 is 10.2 Å². The lowest BCUT2D eigenvalue weighted by atomic mass is 10.2. The highest BCUT2D eigenvalue weighted by Gasteiger charge is 2.16. The van der Waals surface area contributed by atoms with E-state index in [1.54, 1.807) is 23.9 Å². The first kappa shape index (κ1) is 16.8. The second-order valence-corrected chi connectivity index (χ2v) is 6.98. The number of halogens is 1. The predicted molar refractivity (Wildman–Crippen MR) is 98.3 cm³/mol. The monoisotopic (exact) mass is 344 g/mol. The quantitative estimate of drug-likeness (QED) is 0.781. The fourth-order valence-electron chi connectivity index (χ4n) is 2.82. The summed E-state index contributed by atoms with van der Waals surface area (Å²) < 4.78 is 12.9. The van der Waals surface area contributed by atoms with Gasteiger partial charge in [-0.3, -0.25) is 4.79 Å². The van der Waals surface area contributed by atoms with E-state index in [1.807, 2.05) is 18.2 Å². The Bertz CT molecular complexity index is 684. The van der Waals surface area contributed by atoms with E-state index in [-0.39, 0.29) is 11.7 Å². The molecule has 3 rings (SSSR count). The van der Waals surface area contributed by atoms with Crippen LogP contribution in [0.5, 0.6) is 0 Å². The predicted octanol–water partition coefficient (Wildman–Crippen LogP) is 4.55. The lowest BCUT2D eigenvalue weighted by molar-refractivity contribution is -0.115. The Hall–Kier alpha value is -2.01. The number of thioether (sulfide) groups is 1. The van der Waals surface area contributed by atoms with E-state index in [1.165, 1.54) is 25.0 Å². The van der Waals surface area contributed by atoms with Crippen molar-refractivity contribution in [2.24, 2.45) is 0 Å². The molecule has 0 unspecified atom stereocenters. The number of benzene rings is 2. The van der Waals surface area contributed by atoms with Crippen molar-refractivity contribution in [2.75, 3.05) is 29.1 Å². The fraction of sp³-hybridized carbons (Fsp3) is 0.316. The molecule has 0 bridgehead atoms. The number of rotatable bonds is 6. The highest BCUT2D eigenvalue weighted by Crippen LogP contribution is 2.29. The largest absolute Gasteiger partial charge is 0.370 e. The summed E-state index contributed by atoms with van der Waals surface area (Å²) >= 11 is 1.56. The molecule has 1 aliphatic heterocycles. The van der Waals surface area contributed by atoms with Crippen molar-refractivity contribution >= 4 is 29.0 Å². The van der Waals surface area contributed by atoms with E-state index < -0.39 is 0 Å². The molecule has 2 aromatic carbocycles. The van der Waals surface area contributed by atoms with E-state index in [4.69, 9.17) is 0 Å². The van der Waals surface area contributed by atoms with E-state index in [9.17, 15) is 9.18 Å². The molecule has 1 N–H and O–H groups in total. The number of nitrogens with one attached hydrogen (secondary N) is 1. The molecule has 0 aliphatic carbocycles. The second kappa shape index (κ2) is 8.20. The van der Waals surface area contributed by atoms with Gasteiger partial charge in [0.2, 0.25) is 5.91 Å². The topological polar surface area (TPSA) is 32.3 Å². The van der Waals surface area contributed by atoms with Gasteiger partial charge >= 0.3 is 0 Å². The fourth-order valence-corrected chi connectivity index (χ4v) is 3.67. The summed E-state index contributed by atoms with van der Waals surface area (Å²) in [6, 6.07) is 14.3. The number of carbonyl (C=O) groups is 1. The molecule has 1 fully saturated rings. The third-order valence-electron chi connectivity index (χ3n) is 4.04. The zero-order valence-electron chi connectivity index (χ0n) is 13.5. The summed E-state index contributed by atoms with van der Waals surface area (Å²) in [5, 5.41) is 3.03. The maximum Gasteiger partial charge on any atom is 0.225 e. The number of nitrogens with zero attached hydrogens (tertiary/aromatic N) is 1. The van der Waals surface area contributed by atoms with Gasteiger partial charge in [-0.05, 0) is 49.2 Å². The van der Waals surface area contributed by atoms with Crippen LogP contribution in [0.3, 0.4) is 0 Å². The van der Waals surface area contributed by atoms with Gasteiger partial charge in [-0.2, -0.15) is 0 Å². The van der Waals surface area contributed by atoms with E-state index in [0.29, 0.717) is 12.2 Å². The molecule has 1 saturated heterocycles. The molecular weight excluding hydrogens is 323 g/mol. The zero-order chi connectivity index (χ0) is 16.8. The van der Waals surface area contributed by atoms with Gasteiger partial charge in [0.05, 0.1) is 11.4 Å². The summed E-state index contributed by atoms with van der Waals surface area (Å²) in [5.41, 5.74) is 1.99. The molecule has 0 spiro atoms. The molecule has 0 radical (unpaired) electrons. The van der Waals surface area contributed by atoms with Gasteiger partial charge in [0.15, 0.2) is 0 Å². The lowest BCUT2D eigenvalue weighted by Gasteiger charge is -2.21. The Labute approximate surface area is 146 Å². The van der Waals surface area contributed by atoms with Crippen LogP contribution in [0.4, 0.5) is 15.8 Å². The molecule has 126 valence electrons. The SMILES string of the molecule is O=C(CCSc1ccc(F)cc1)Nc1ccccc1N1CCCC1. The first-order chi connectivity index (χ1) is 11.7. The smallest absolute Gasteiger partial charge is 0.225 e. The van der Waals surface area contributed by atoms with Crippen LogP contribution in [-0.4, -0.2) is 24.7 Å². The van der Waals surface area contributed by atoms with Crippen LogP contribution in [0.25, 0.3) is 0 Å². The maximum atomic E-state index is 12.9. The molecule has 1 heterocycles. The number of hydrogen-bond acceptors (Lipinski definition) is 3. The number of amides is 1. The Morgan fingerprint density at radius 2 is 1.79 bits per heavy atom. The van der Waals surface area contributed by atoms with Crippen LogP contribution in [-0.2, 0) is 4.79 Å². The van der Waals surface area contributed by atoms with Gasteiger partial charge in [0.1, 0.15) is 5.82 Å². The second-order valence-electron chi connectivity index (χ2n) is 5.81. The van der Waals surface area contributed by atoms with Crippen molar-refractivity contribution in [1.29, 1.82) is 0 Å². The molecule has 0 atom stereocenters. The Balaban J connectivity index is 1.52. The molecule has 0 aromatic heterocycles. The Kier molecular flexibility index (Phi) is 5.75. The van der Waals surface area contributed by atoms with Crippen molar-refractivity contribution in [3.63, 3.8) is 0 Å². The third kappa shape index (κ3) is 4.51.